The number of hydrogen-bond donors (Lipinski definition) is 1. The van der Waals surface area contributed by atoms with Crippen LogP contribution in [-0.2, 0) is 0 Å². The molecule has 0 aromatic carbocycles. The molecule has 2 nitrogen and oxygen atoms in total. The Hall–Kier alpha value is -0.0800. The molecule has 2 heteroatoms. The molecule has 78 valence electrons. The zero-order valence-corrected chi connectivity index (χ0v) is 9.59. The van der Waals surface area contributed by atoms with Crippen LogP contribution in [0, 0.1) is 5.92 Å². The molecule has 0 aliphatic carbocycles. The van der Waals surface area contributed by atoms with Gasteiger partial charge in [0, 0.05) is 24.2 Å². The van der Waals surface area contributed by atoms with Crippen molar-refractivity contribution in [2.45, 2.75) is 52.1 Å². The van der Waals surface area contributed by atoms with Crippen LogP contribution >= 0.6 is 0 Å². The van der Waals surface area contributed by atoms with Crippen LogP contribution in [0.4, 0.5) is 0 Å². The van der Waals surface area contributed by atoms with E-state index in [2.05, 4.69) is 39.5 Å². The zero-order valence-electron chi connectivity index (χ0n) is 9.59. The molecule has 0 aromatic rings. The summed E-state index contributed by atoms with van der Waals surface area (Å²) in [6.45, 7) is 12.6. The molecule has 0 radical (unpaired) electrons. The van der Waals surface area contributed by atoms with Crippen LogP contribution < -0.4 is 0 Å². The smallest absolute Gasteiger partial charge is 0.0472 e. The van der Waals surface area contributed by atoms with Gasteiger partial charge in [-0.2, -0.15) is 0 Å². The Morgan fingerprint density at radius 3 is 2.15 bits per heavy atom. The van der Waals surface area contributed by atoms with Crippen LogP contribution in [-0.4, -0.2) is 34.2 Å². The maximum absolute atomic E-state index is 9.16. The first-order chi connectivity index (χ1) is 5.77. The number of hydrogen-bond acceptors (Lipinski definition) is 2. The van der Waals surface area contributed by atoms with Gasteiger partial charge in [0.2, 0.25) is 0 Å². The average Bonchev–Trinajstić information content (AvgIpc) is 2.24. The fourth-order valence-corrected chi connectivity index (χ4v) is 2.69. The third-order valence-corrected chi connectivity index (χ3v) is 3.03. The lowest BCUT2D eigenvalue weighted by Crippen LogP contribution is -2.50. The van der Waals surface area contributed by atoms with E-state index in [-0.39, 0.29) is 11.1 Å². The summed E-state index contributed by atoms with van der Waals surface area (Å²) >= 11 is 0. The van der Waals surface area contributed by atoms with E-state index in [1.807, 2.05) is 0 Å². The summed E-state index contributed by atoms with van der Waals surface area (Å²) in [5.74, 6) is 0.467. The number of aliphatic hydroxyl groups excluding tert-OH is 1. The monoisotopic (exact) mass is 185 g/mol. The Bertz CT molecular complexity index is 181. The molecule has 0 amide bonds. The number of likely N-dealkylation sites (tertiary alicyclic amines) is 1. The van der Waals surface area contributed by atoms with Gasteiger partial charge in [0.1, 0.15) is 0 Å². The third-order valence-electron chi connectivity index (χ3n) is 3.03. The molecule has 1 fully saturated rings. The first-order valence-electron chi connectivity index (χ1n) is 5.16. The normalized spacial score (nSPS) is 29.5. The Kier molecular flexibility index (Phi) is 2.75. The minimum absolute atomic E-state index is 0.216. The van der Waals surface area contributed by atoms with Crippen LogP contribution in [0.25, 0.3) is 0 Å². The molecule has 1 rings (SSSR count). The van der Waals surface area contributed by atoms with Gasteiger partial charge in [-0.1, -0.05) is 0 Å². The highest BCUT2D eigenvalue weighted by Crippen LogP contribution is 2.37. The Morgan fingerprint density at radius 1 is 1.38 bits per heavy atom. The van der Waals surface area contributed by atoms with Gasteiger partial charge < -0.3 is 5.11 Å². The highest BCUT2D eigenvalue weighted by molar-refractivity contribution is 4.97. The van der Waals surface area contributed by atoms with E-state index in [0.29, 0.717) is 12.5 Å². The van der Waals surface area contributed by atoms with Crippen molar-refractivity contribution in [1.29, 1.82) is 0 Å². The summed E-state index contributed by atoms with van der Waals surface area (Å²) in [6, 6.07) is 0. The van der Waals surface area contributed by atoms with Crippen molar-refractivity contribution >= 4 is 0 Å². The number of nitrogens with zero attached hydrogens (tertiary/aromatic N) is 1. The molecular formula is C11H23NO. The highest BCUT2D eigenvalue weighted by atomic mass is 16.3. The molecule has 0 spiro atoms. The van der Waals surface area contributed by atoms with Gasteiger partial charge in [-0.3, -0.25) is 4.90 Å². The van der Waals surface area contributed by atoms with Gasteiger partial charge in [0.15, 0.2) is 0 Å². The molecule has 1 aliphatic heterocycles. The van der Waals surface area contributed by atoms with Crippen LogP contribution in [0.2, 0.25) is 0 Å². The van der Waals surface area contributed by atoms with E-state index in [4.69, 9.17) is 5.11 Å². The molecule has 1 unspecified atom stereocenters. The second kappa shape index (κ2) is 3.25. The lowest BCUT2D eigenvalue weighted by Gasteiger charge is -2.42. The maximum atomic E-state index is 9.16. The largest absolute Gasteiger partial charge is 0.396 e. The number of aliphatic hydroxyl groups is 1. The molecular weight excluding hydrogens is 162 g/mol. The molecule has 0 saturated carbocycles. The Labute approximate surface area is 81.9 Å². The van der Waals surface area contributed by atoms with Crippen molar-refractivity contribution in [3.05, 3.63) is 0 Å². The van der Waals surface area contributed by atoms with Crippen molar-refractivity contribution in [3.63, 3.8) is 0 Å². The van der Waals surface area contributed by atoms with Gasteiger partial charge in [-0.05, 0) is 47.0 Å². The second-order valence-corrected chi connectivity index (χ2v) is 5.85. The SMILES string of the molecule is CC(C)(C)N1CC(CO)CC1(C)C. The van der Waals surface area contributed by atoms with Gasteiger partial charge >= 0.3 is 0 Å². The average molecular weight is 185 g/mol. The lowest BCUT2D eigenvalue weighted by molar-refractivity contribution is 0.0661. The summed E-state index contributed by atoms with van der Waals surface area (Å²) in [7, 11) is 0. The Balaban J connectivity index is 2.76. The molecule has 1 saturated heterocycles. The molecule has 1 atom stereocenters. The summed E-state index contributed by atoms with van der Waals surface area (Å²) < 4.78 is 0. The molecule has 13 heavy (non-hydrogen) atoms. The van der Waals surface area contributed by atoms with Gasteiger partial charge in [0.05, 0.1) is 0 Å². The van der Waals surface area contributed by atoms with Gasteiger partial charge in [-0.25, -0.2) is 0 Å². The van der Waals surface area contributed by atoms with Crippen LogP contribution in [0.1, 0.15) is 41.0 Å². The molecule has 0 aromatic heterocycles. The van der Waals surface area contributed by atoms with Crippen molar-refractivity contribution < 1.29 is 5.11 Å². The zero-order chi connectivity index (χ0) is 10.3. The topological polar surface area (TPSA) is 23.5 Å². The quantitative estimate of drug-likeness (QED) is 0.674. The van der Waals surface area contributed by atoms with E-state index >= 15 is 0 Å². The Morgan fingerprint density at radius 2 is 1.92 bits per heavy atom. The predicted octanol–water partition coefficient (Wildman–Crippen LogP) is 1.88. The van der Waals surface area contributed by atoms with Crippen molar-refractivity contribution in [3.8, 4) is 0 Å². The maximum Gasteiger partial charge on any atom is 0.0472 e. The summed E-state index contributed by atoms with van der Waals surface area (Å²) in [6.07, 6.45) is 1.11. The van der Waals surface area contributed by atoms with Crippen LogP contribution in [0.15, 0.2) is 0 Å². The molecule has 1 aliphatic rings. The summed E-state index contributed by atoms with van der Waals surface area (Å²) in [4.78, 5) is 2.50. The van der Waals surface area contributed by atoms with Gasteiger partial charge in [-0.15, -0.1) is 0 Å². The van der Waals surface area contributed by atoms with E-state index in [1.54, 1.807) is 0 Å². The third kappa shape index (κ3) is 2.23. The first-order valence-corrected chi connectivity index (χ1v) is 5.16. The fourth-order valence-electron chi connectivity index (χ4n) is 2.69. The first kappa shape index (κ1) is 11.0. The highest BCUT2D eigenvalue weighted by Gasteiger charge is 2.42. The summed E-state index contributed by atoms with van der Waals surface area (Å²) in [5, 5.41) is 9.16. The predicted molar refractivity (Wildman–Crippen MR) is 55.7 cm³/mol. The number of rotatable bonds is 1. The molecule has 1 heterocycles. The van der Waals surface area contributed by atoms with Crippen molar-refractivity contribution in [2.24, 2.45) is 5.92 Å². The minimum atomic E-state index is 0.216. The van der Waals surface area contributed by atoms with Crippen molar-refractivity contribution in [1.82, 2.24) is 4.90 Å². The van der Waals surface area contributed by atoms with E-state index in [0.717, 1.165) is 13.0 Å². The van der Waals surface area contributed by atoms with E-state index in [1.165, 1.54) is 0 Å². The van der Waals surface area contributed by atoms with Crippen LogP contribution in [0.3, 0.4) is 0 Å². The van der Waals surface area contributed by atoms with Crippen LogP contribution in [0.5, 0.6) is 0 Å². The fraction of sp³-hybridized carbons (Fsp3) is 1.00. The van der Waals surface area contributed by atoms with E-state index in [9.17, 15) is 0 Å². The molecule has 0 bridgehead atoms. The van der Waals surface area contributed by atoms with E-state index < -0.39 is 0 Å². The summed E-state index contributed by atoms with van der Waals surface area (Å²) in [5.41, 5.74) is 0.457. The van der Waals surface area contributed by atoms with Gasteiger partial charge in [0.25, 0.3) is 0 Å². The lowest BCUT2D eigenvalue weighted by atomic mass is 9.94. The standard InChI is InChI=1S/C11H23NO/c1-10(2,3)12-7-9(8-13)6-11(12,4)5/h9,13H,6-8H2,1-5H3. The minimum Gasteiger partial charge on any atom is -0.396 e. The van der Waals surface area contributed by atoms with Crippen molar-refractivity contribution in [2.75, 3.05) is 13.2 Å². The molecule has 1 N–H and O–H groups in total. The second-order valence-electron chi connectivity index (χ2n) is 5.85.